The van der Waals surface area contributed by atoms with Crippen LogP contribution in [0.15, 0.2) is 23.4 Å². The minimum absolute atomic E-state index is 0.244. The fourth-order valence-electron chi connectivity index (χ4n) is 2.95. The van der Waals surface area contributed by atoms with Crippen LogP contribution < -0.4 is 5.32 Å². The Labute approximate surface area is 133 Å². The van der Waals surface area contributed by atoms with Gasteiger partial charge in [-0.2, -0.15) is 0 Å². The first kappa shape index (κ1) is 15.1. The molecule has 0 aliphatic heterocycles. The van der Waals surface area contributed by atoms with Gasteiger partial charge in [0.1, 0.15) is 10.6 Å². The fraction of sp³-hybridized carbons (Fsp3) is 0.600. The largest absolute Gasteiger partial charge is 0.480 e. The molecule has 21 heavy (non-hydrogen) atoms. The standard InChI is InChI=1S/C15H19ClN2O2S/c16-12-4-2-8-17-13(12)21-11-3-1-7-15(9-11,14(19)20)18-10-5-6-10/h2,4,8,10-11,18H,1,3,5-7,9H2,(H,19,20). The van der Waals surface area contributed by atoms with Crippen LogP contribution in [-0.2, 0) is 4.79 Å². The number of rotatable bonds is 5. The molecule has 0 saturated heterocycles. The lowest BCUT2D eigenvalue weighted by Gasteiger charge is -2.38. The van der Waals surface area contributed by atoms with Crippen LogP contribution in [0.25, 0.3) is 0 Å². The van der Waals surface area contributed by atoms with Gasteiger partial charge in [0.15, 0.2) is 0 Å². The number of aromatic nitrogens is 1. The van der Waals surface area contributed by atoms with E-state index < -0.39 is 11.5 Å². The van der Waals surface area contributed by atoms with E-state index in [4.69, 9.17) is 11.6 Å². The van der Waals surface area contributed by atoms with Gasteiger partial charge < -0.3 is 5.11 Å². The summed E-state index contributed by atoms with van der Waals surface area (Å²) in [6.07, 6.45) is 7.21. The van der Waals surface area contributed by atoms with Crippen molar-refractivity contribution >= 4 is 29.3 Å². The molecule has 2 fully saturated rings. The molecule has 3 rings (SSSR count). The number of aliphatic carboxylic acids is 1. The van der Waals surface area contributed by atoms with E-state index in [1.165, 1.54) is 0 Å². The molecule has 4 nitrogen and oxygen atoms in total. The Morgan fingerprint density at radius 2 is 2.29 bits per heavy atom. The third kappa shape index (κ3) is 3.52. The third-order valence-electron chi connectivity index (χ3n) is 4.18. The van der Waals surface area contributed by atoms with Crippen molar-refractivity contribution in [3.05, 3.63) is 23.4 Å². The molecule has 1 heterocycles. The molecule has 2 atom stereocenters. The number of pyridine rings is 1. The van der Waals surface area contributed by atoms with Crippen LogP contribution in [-0.4, -0.2) is 32.9 Å². The van der Waals surface area contributed by atoms with Gasteiger partial charge in [0.05, 0.1) is 5.02 Å². The molecule has 2 saturated carbocycles. The molecule has 0 radical (unpaired) electrons. The zero-order valence-corrected chi connectivity index (χ0v) is 13.3. The Hall–Kier alpha value is -0.780. The highest BCUT2D eigenvalue weighted by atomic mass is 35.5. The number of carbonyl (C=O) groups is 1. The first-order valence-electron chi connectivity index (χ1n) is 7.37. The number of halogens is 1. The first-order chi connectivity index (χ1) is 10.1. The molecule has 2 aliphatic rings. The minimum Gasteiger partial charge on any atom is -0.480 e. The smallest absolute Gasteiger partial charge is 0.323 e. The Morgan fingerprint density at radius 1 is 1.48 bits per heavy atom. The van der Waals surface area contributed by atoms with Crippen LogP contribution in [0.2, 0.25) is 5.02 Å². The summed E-state index contributed by atoms with van der Waals surface area (Å²) in [7, 11) is 0. The number of carboxylic acids is 1. The zero-order valence-electron chi connectivity index (χ0n) is 11.7. The summed E-state index contributed by atoms with van der Waals surface area (Å²) in [5.41, 5.74) is -0.766. The van der Waals surface area contributed by atoms with Crippen LogP contribution in [0, 0.1) is 0 Å². The second-order valence-corrected chi connectivity index (χ2v) is 7.63. The second kappa shape index (κ2) is 6.15. The molecule has 2 N–H and O–H groups in total. The molecule has 6 heteroatoms. The minimum atomic E-state index is -0.766. The topological polar surface area (TPSA) is 62.2 Å². The summed E-state index contributed by atoms with van der Waals surface area (Å²) in [4.78, 5) is 16.1. The van der Waals surface area contributed by atoms with Gasteiger partial charge in [-0.25, -0.2) is 4.98 Å². The van der Waals surface area contributed by atoms with Gasteiger partial charge in [-0.15, -0.1) is 11.8 Å². The molecule has 1 aromatic rings. The van der Waals surface area contributed by atoms with Gasteiger partial charge >= 0.3 is 5.97 Å². The van der Waals surface area contributed by atoms with Crippen molar-refractivity contribution in [1.82, 2.24) is 10.3 Å². The van der Waals surface area contributed by atoms with Crippen LogP contribution in [0.5, 0.6) is 0 Å². The number of nitrogens with one attached hydrogen (secondary N) is 1. The lowest BCUT2D eigenvalue weighted by atomic mass is 9.81. The Kier molecular flexibility index (Phi) is 4.43. The average molecular weight is 327 g/mol. The molecule has 0 amide bonds. The highest BCUT2D eigenvalue weighted by Crippen LogP contribution is 2.41. The van der Waals surface area contributed by atoms with E-state index in [1.807, 2.05) is 12.1 Å². The Morgan fingerprint density at radius 3 is 2.95 bits per heavy atom. The van der Waals surface area contributed by atoms with Crippen molar-refractivity contribution in [2.75, 3.05) is 0 Å². The highest BCUT2D eigenvalue weighted by molar-refractivity contribution is 8.00. The lowest BCUT2D eigenvalue weighted by Crippen LogP contribution is -2.56. The predicted molar refractivity (Wildman–Crippen MR) is 83.9 cm³/mol. The summed E-state index contributed by atoms with van der Waals surface area (Å²) in [5.74, 6) is -0.716. The van der Waals surface area contributed by atoms with E-state index in [-0.39, 0.29) is 5.25 Å². The van der Waals surface area contributed by atoms with E-state index in [0.717, 1.165) is 30.7 Å². The van der Waals surface area contributed by atoms with Crippen molar-refractivity contribution < 1.29 is 9.90 Å². The Bertz CT molecular complexity index is 538. The molecule has 114 valence electrons. The van der Waals surface area contributed by atoms with E-state index in [0.29, 0.717) is 23.9 Å². The van der Waals surface area contributed by atoms with Crippen LogP contribution >= 0.6 is 23.4 Å². The van der Waals surface area contributed by atoms with Crippen molar-refractivity contribution in [1.29, 1.82) is 0 Å². The number of nitrogens with zero attached hydrogens (tertiary/aromatic N) is 1. The van der Waals surface area contributed by atoms with Crippen LogP contribution in [0.3, 0.4) is 0 Å². The highest BCUT2D eigenvalue weighted by Gasteiger charge is 2.46. The number of thioether (sulfide) groups is 1. The zero-order chi connectivity index (χ0) is 14.9. The summed E-state index contributed by atoms with van der Waals surface area (Å²) in [6.45, 7) is 0. The first-order valence-corrected chi connectivity index (χ1v) is 8.63. The summed E-state index contributed by atoms with van der Waals surface area (Å²) in [6, 6.07) is 4.03. The van der Waals surface area contributed by atoms with Gasteiger partial charge in [-0.1, -0.05) is 11.6 Å². The van der Waals surface area contributed by atoms with Crippen molar-refractivity contribution in [3.8, 4) is 0 Å². The lowest BCUT2D eigenvalue weighted by molar-refractivity contribution is -0.146. The maximum Gasteiger partial charge on any atom is 0.323 e. The van der Waals surface area contributed by atoms with E-state index in [9.17, 15) is 9.90 Å². The van der Waals surface area contributed by atoms with Gasteiger partial charge in [-0.3, -0.25) is 10.1 Å². The quantitative estimate of drug-likeness (QED) is 0.869. The maximum atomic E-state index is 11.8. The van der Waals surface area contributed by atoms with Gasteiger partial charge in [0.25, 0.3) is 0 Å². The van der Waals surface area contributed by atoms with Crippen LogP contribution in [0.1, 0.15) is 38.5 Å². The van der Waals surface area contributed by atoms with Gasteiger partial charge in [0.2, 0.25) is 0 Å². The molecule has 2 unspecified atom stereocenters. The van der Waals surface area contributed by atoms with E-state index >= 15 is 0 Å². The van der Waals surface area contributed by atoms with Crippen molar-refractivity contribution in [2.24, 2.45) is 0 Å². The monoisotopic (exact) mass is 326 g/mol. The summed E-state index contributed by atoms with van der Waals surface area (Å²) in [5, 5.41) is 14.7. The fourth-order valence-corrected chi connectivity index (χ4v) is 4.47. The molecule has 0 spiro atoms. The molecule has 2 aliphatic carbocycles. The average Bonchev–Trinajstić information content (AvgIpc) is 3.25. The number of carboxylic acid groups (broad SMARTS) is 1. The predicted octanol–water partition coefficient (Wildman–Crippen LogP) is 3.35. The molecule has 0 aromatic carbocycles. The molecular formula is C15H19ClN2O2S. The summed E-state index contributed by atoms with van der Waals surface area (Å²) < 4.78 is 0. The Balaban J connectivity index is 1.72. The molecule has 0 bridgehead atoms. The number of hydrogen-bond acceptors (Lipinski definition) is 4. The maximum absolute atomic E-state index is 11.8. The third-order valence-corrected chi connectivity index (χ3v) is 5.88. The van der Waals surface area contributed by atoms with Crippen molar-refractivity contribution in [3.63, 3.8) is 0 Å². The molecular weight excluding hydrogens is 308 g/mol. The number of hydrogen-bond donors (Lipinski definition) is 2. The van der Waals surface area contributed by atoms with Gasteiger partial charge in [-0.05, 0) is 50.7 Å². The van der Waals surface area contributed by atoms with E-state index in [2.05, 4.69) is 10.3 Å². The normalized spacial score (nSPS) is 29.3. The molecule has 1 aromatic heterocycles. The van der Waals surface area contributed by atoms with Gasteiger partial charge in [0, 0.05) is 17.5 Å². The SMILES string of the molecule is O=C(O)C1(NC2CC2)CCCC(Sc2ncccc2Cl)C1. The van der Waals surface area contributed by atoms with Crippen LogP contribution in [0.4, 0.5) is 0 Å². The van der Waals surface area contributed by atoms with E-state index in [1.54, 1.807) is 18.0 Å². The summed E-state index contributed by atoms with van der Waals surface area (Å²) >= 11 is 7.77. The van der Waals surface area contributed by atoms with Crippen molar-refractivity contribution in [2.45, 2.75) is 60.4 Å². The second-order valence-electron chi connectivity index (χ2n) is 5.93.